The van der Waals surface area contributed by atoms with Gasteiger partial charge in [0.05, 0.1) is 11.9 Å². The summed E-state index contributed by atoms with van der Waals surface area (Å²) >= 11 is 0. The van der Waals surface area contributed by atoms with Crippen LogP contribution in [0, 0.1) is 0 Å². The number of phenolic OH excluding ortho intramolecular Hbond substituents is 1. The molecule has 0 saturated carbocycles. The number of phenols is 1. The number of aromatic nitrogens is 1. The van der Waals surface area contributed by atoms with E-state index in [4.69, 9.17) is 0 Å². The fourth-order valence-corrected chi connectivity index (χ4v) is 2.37. The van der Waals surface area contributed by atoms with Gasteiger partial charge in [0.2, 0.25) is 0 Å². The lowest BCUT2D eigenvalue weighted by Crippen LogP contribution is -2.07. The Morgan fingerprint density at radius 3 is 2.55 bits per heavy atom. The van der Waals surface area contributed by atoms with Crippen LogP contribution in [-0.4, -0.2) is 24.8 Å². The second-order valence-electron chi connectivity index (χ2n) is 4.62. The zero-order valence-corrected chi connectivity index (χ0v) is 12.1. The van der Waals surface area contributed by atoms with Gasteiger partial charge in [0.1, 0.15) is 5.75 Å². The molecule has 2 aromatic rings. The Hall–Kier alpha value is -2.08. The van der Waals surface area contributed by atoms with Crippen molar-refractivity contribution in [1.82, 2.24) is 4.98 Å². The van der Waals surface area contributed by atoms with Gasteiger partial charge in [0.15, 0.2) is 14.9 Å². The van der Waals surface area contributed by atoms with Crippen molar-refractivity contribution in [2.75, 3.05) is 11.6 Å². The number of pyridine rings is 1. The van der Waals surface area contributed by atoms with Crippen LogP contribution in [0.5, 0.6) is 5.75 Å². The zero-order valence-electron chi connectivity index (χ0n) is 11.2. The van der Waals surface area contributed by atoms with Crippen LogP contribution in [0.1, 0.15) is 18.5 Å². The molecule has 0 radical (unpaired) electrons. The smallest absolute Gasteiger partial charge is 0.192 e. The maximum atomic E-state index is 11.3. The van der Waals surface area contributed by atoms with Crippen molar-refractivity contribution in [2.45, 2.75) is 18.0 Å². The second-order valence-corrected chi connectivity index (χ2v) is 6.58. The molecule has 0 aliphatic heterocycles. The Morgan fingerprint density at radius 2 is 2.00 bits per heavy atom. The van der Waals surface area contributed by atoms with E-state index in [-0.39, 0.29) is 16.8 Å². The standard InChI is InChI=1S/C14H16N2O3S/c1-10(11-4-3-5-13(17)8-11)16-12-6-7-14(15-9-12)20(2,18)19/h3-10,16-17H,1-2H3. The Bertz CT molecular complexity index is 697. The number of nitrogens with one attached hydrogen (secondary N) is 1. The summed E-state index contributed by atoms with van der Waals surface area (Å²) in [5.41, 5.74) is 1.64. The molecule has 0 bridgehead atoms. The van der Waals surface area contributed by atoms with Gasteiger partial charge in [-0.05, 0) is 36.8 Å². The molecule has 106 valence electrons. The van der Waals surface area contributed by atoms with Gasteiger partial charge < -0.3 is 10.4 Å². The van der Waals surface area contributed by atoms with Gasteiger partial charge >= 0.3 is 0 Å². The van der Waals surface area contributed by atoms with Crippen molar-refractivity contribution >= 4 is 15.5 Å². The number of aromatic hydroxyl groups is 1. The average molecular weight is 292 g/mol. The van der Waals surface area contributed by atoms with Crippen LogP contribution in [0.2, 0.25) is 0 Å². The second kappa shape index (κ2) is 5.50. The van der Waals surface area contributed by atoms with Crippen molar-refractivity contribution in [2.24, 2.45) is 0 Å². The van der Waals surface area contributed by atoms with E-state index >= 15 is 0 Å². The van der Waals surface area contributed by atoms with Crippen LogP contribution < -0.4 is 5.32 Å². The molecule has 0 aliphatic rings. The third-order valence-electron chi connectivity index (χ3n) is 2.87. The minimum atomic E-state index is -3.28. The minimum absolute atomic E-state index is 0.0343. The molecule has 20 heavy (non-hydrogen) atoms. The number of anilines is 1. The van der Waals surface area contributed by atoms with Crippen molar-refractivity contribution in [3.63, 3.8) is 0 Å². The summed E-state index contributed by atoms with van der Waals surface area (Å²) in [7, 11) is -3.28. The van der Waals surface area contributed by atoms with E-state index in [2.05, 4.69) is 10.3 Å². The third-order valence-corrected chi connectivity index (χ3v) is 3.87. The topological polar surface area (TPSA) is 79.3 Å². The molecule has 2 N–H and O–H groups in total. The van der Waals surface area contributed by atoms with Crippen molar-refractivity contribution in [1.29, 1.82) is 0 Å². The summed E-state index contributed by atoms with van der Waals surface area (Å²) < 4.78 is 22.6. The Balaban J connectivity index is 2.14. The molecule has 0 amide bonds. The highest BCUT2D eigenvalue weighted by atomic mass is 32.2. The third kappa shape index (κ3) is 3.48. The number of hydrogen-bond donors (Lipinski definition) is 2. The monoisotopic (exact) mass is 292 g/mol. The first-order valence-electron chi connectivity index (χ1n) is 6.08. The van der Waals surface area contributed by atoms with E-state index in [1.165, 1.54) is 12.3 Å². The quantitative estimate of drug-likeness (QED) is 0.904. The fraction of sp³-hybridized carbons (Fsp3) is 0.214. The first-order chi connectivity index (χ1) is 9.36. The van der Waals surface area contributed by atoms with Crippen molar-refractivity contribution in [3.8, 4) is 5.75 Å². The molecule has 5 nitrogen and oxygen atoms in total. The van der Waals surface area contributed by atoms with E-state index in [0.717, 1.165) is 11.8 Å². The van der Waals surface area contributed by atoms with Crippen LogP contribution in [0.25, 0.3) is 0 Å². The van der Waals surface area contributed by atoms with Gasteiger partial charge in [-0.25, -0.2) is 13.4 Å². The van der Waals surface area contributed by atoms with E-state index in [1.807, 2.05) is 13.0 Å². The SMILES string of the molecule is CC(Nc1ccc(S(C)(=O)=O)nc1)c1cccc(O)c1. The number of benzene rings is 1. The van der Waals surface area contributed by atoms with Crippen LogP contribution >= 0.6 is 0 Å². The number of sulfone groups is 1. The van der Waals surface area contributed by atoms with Gasteiger partial charge in [-0.1, -0.05) is 12.1 Å². The molecule has 1 heterocycles. The van der Waals surface area contributed by atoms with Gasteiger partial charge in [0.25, 0.3) is 0 Å². The van der Waals surface area contributed by atoms with Gasteiger partial charge in [-0.15, -0.1) is 0 Å². The highest BCUT2D eigenvalue weighted by Gasteiger charge is 2.10. The molecule has 1 aromatic heterocycles. The first kappa shape index (κ1) is 14.3. The fourth-order valence-electron chi connectivity index (χ4n) is 1.81. The minimum Gasteiger partial charge on any atom is -0.508 e. The maximum absolute atomic E-state index is 11.3. The lowest BCUT2D eigenvalue weighted by Gasteiger charge is -2.15. The van der Waals surface area contributed by atoms with E-state index in [9.17, 15) is 13.5 Å². The van der Waals surface area contributed by atoms with Crippen molar-refractivity contribution < 1.29 is 13.5 Å². The van der Waals surface area contributed by atoms with E-state index < -0.39 is 9.84 Å². The molecule has 1 unspecified atom stereocenters. The van der Waals surface area contributed by atoms with E-state index in [1.54, 1.807) is 24.3 Å². The summed E-state index contributed by atoms with van der Waals surface area (Å²) in [6.45, 7) is 1.94. The van der Waals surface area contributed by atoms with Gasteiger partial charge in [0, 0.05) is 12.3 Å². The predicted molar refractivity (Wildman–Crippen MR) is 77.5 cm³/mol. The largest absolute Gasteiger partial charge is 0.508 e. The van der Waals surface area contributed by atoms with Gasteiger partial charge in [-0.3, -0.25) is 0 Å². The van der Waals surface area contributed by atoms with Crippen LogP contribution in [0.15, 0.2) is 47.6 Å². The number of hydrogen-bond acceptors (Lipinski definition) is 5. The van der Waals surface area contributed by atoms with Gasteiger partial charge in [-0.2, -0.15) is 0 Å². The highest BCUT2D eigenvalue weighted by molar-refractivity contribution is 7.90. The lowest BCUT2D eigenvalue weighted by molar-refractivity contribution is 0.474. The maximum Gasteiger partial charge on any atom is 0.192 e. The predicted octanol–water partition coefficient (Wildman–Crippen LogP) is 2.36. The van der Waals surface area contributed by atoms with E-state index in [0.29, 0.717) is 5.69 Å². The molecule has 0 fully saturated rings. The number of rotatable bonds is 4. The average Bonchev–Trinajstić information content (AvgIpc) is 2.38. The number of nitrogens with zero attached hydrogens (tertiary/aromatic N) is 1. The lowest BCUT2D eigenvalue weighted by atomic mass is 10.1. The summed E-state index contributed by atoms with van der Waals surface area (Å²) in [5, 5.41) is 12.7. The zero-order chi connectivity index (χ0) is 14.8. The molecule has 2 rings (SSSR count). The molecule has 1 atom stereocenters. The summed E-state index contributed by atoms with van der Waals surface area (Å²) in [6, 6.07) is 10.1. The molecule has 0 saturated heterocycles. The van der Waals surface area contributed by atoms with Crippen molar-refractivity contribution in [3.05, 3.63) is 48.2 Å². The Kier molecular flexibility index (Phi) is 3.94. The molecular weight excluding hydrogens is 276 g/mol. The van der Waals surface area contributed by atoms with Crippen LogP contribution in [-0.2, 0) is 9.84 Å². The summed E-state index contributed by atoms with van der Waals surface area (Å²) in [4.78, 5) is 3.91. The molecule has 1 aromatic carbocycles. The molecule has 0 spiro atoms. The summed E-state index contributed by atoms with van der Waals surface area (Å²) in [6.07, 6.45) is 2.60. The summed E-state index contributed by atoms with van der Waals surface area (Å²) in [5.74, 6) is 0.210. The van der Waals surface area contributed by atoms with Crippen LogP contribution in [0.4, 0.5) is 5.69 Å². The molecular formula is C14H16N2O3S. The normalized spacial score (nSPS) is 12.9. The first-order valence-corrected chi connectivity index (χ1v) is 7.97. The Morgan fingerprint density at radius 1 is 1.25 bits per heavy atom. The Labute approximate surface area is 118 Å². The van der Waals surface area contributed by atoms with Crippen LogP contribution in [0.3, 0.4) is 0 Å². The molecule has 6 heteroatoms. The highest BCUT2D eigenvalue weighted by Crippen LogP contribution is 2.22. The molecule has 0 aliphatic carbocycles.